The SMILES string of the molecule is CCCCCCCCCNS(=O)(=O)C(F)(F)C(F)(F)C(F)(F)F. The fraction of sp³-hybridized carbons (Fsp3) is 1.00. The van der Waals surface area contributed by atoms with Crippen LogP contribution in [0.25, 0.3) is 0 Å². The average molecular weight is 375 g/mol. The Kier molecular flexibility index (Phi) is 8.28. The molecule has 11 heteroatoms. The number of alkyl halides is 7. The molecule has 0 saturated carbocycles. The van der Waals surface area contributed by atoms with Gasteiger partial charge in [0.1, 0.15) is 0 Å². The van der Waals surface area contributed by atoms with Gasteiger partial charge in [-0.15, -0.1) is 0 Å². The van der Waals surface area contributed by atoms with Crippen LogP contribution >= 0.6 is 0 Å². The van der Waals surface area contributed by atoms with Crippen molar-refractivity contribution in [2.24, 2.45) is 0 Å². The Hall–Kier alpha value is -0.580. The molecule has 0 aromatic rings. The van der Waals surface area contributed by atoms with Crippen LogP contribution in [0.3, 0.4) is 0 Å². The van der Waals surface area contributed by atoms with Crippen molar-refractivity contribution in [1.29, 1.82) is 0 Å². The molecule has 0 bridgehead atoms. The van der Waals surface area contributed by atoms with Gasteiger partial charge in [-0.05, 0) is 6.42 Å². The molecule has 0 fully saturated rings. The highest BCUT2D eigenvalue weighted by molar-refractivity contribution is 7.90. The van der Waals surface area contributed by atoms with Gasteiger partial charge in [0.2, 0.25) is 0 Å². The first-order chi connectivity index (χ1) is 10.3. The van der Waals surface area contributed by atoms with Crippen molar-refractivity contribution in [1.82, 2.24) is 4.72 Å². The first-order valence-electron chi connectivity index (χ1n) is 7.13. The highest BCUT2D eigenvalue weighted by atomic mass is 32.2. The second kappa shape index (κ2) is 8.50. The van der Waals surface area contributed by atoms with E-state index in [2.05, 4.69) is 0 Å². The van der Waals surface area contributed by atoms with E-state index in [4.69, 9.17) is 0 Å². The molecule has 0 aliphatic rings. The van der Waals surface area contributed by atoms with Crippen molar-refractivity contribution in [2.45, 2.75) is 69.2 Å². The van der Waals surface area contributed by atoms with Gasteiger partial charge in [-0.1, -0.05) is 45.4 Å². The second-order valence-electron chi connectivity index (χ2n) is 5.11. The summed E-state index contributed by atoms with van der Waals surface area (Å²) in [6, 6.07) is 0. The molecule has 0 radical (unpaired) electrons. The molecule has 0 unspecified atom stereocenters. The lowest BCUT2D eigenvalue weighted by molar-refractivity contribution is -0.332. The summed E-state index contributed by atoms with van der Waals surface area (Å²) in [5, 5.41) is -6.28. The van der Waals surface area contributed by atoms with E-state index in [1.54, 1.807) is 0 Å². The quantitative estimate of drug-likeness (QED) is 0.429. The number of nitrogens with one attached hydrogen (secondary N) is 1. The zero-order valence-electron chi connectivity index (χ0n) is 12.5. The Morgan fingerprint density at radius 3 is 1.65 bits per heavy atom. The van der Waals surface area contributed by atoms with Crippen LogP contribution in [0.1, 0.15) is 51.9 Å². The van der Waals surface area contributed by atoms with Crippen LogP contribution in [-0.4, -0.2) is 32.3 Å². The minimum atomic E-state index is -6.68. The molecule has 0 rings (SSSR count). The van der Waals surface area contributed by atoms with E-state index in [0.717, 1.165) is 30.4 Å². The van der Waals surface area contributed by atoms with Crippen molar-refractivity contribution in [2.75, 3.05) is 6.54 Å². The zero-order chi connectivity index (χ0) is 18.4. The van der Waals surface area contributed by atoms with Crippen molar-refractivity contribution >= 4 is 10.0 Å². The molecule has 0 aromatic carbocycles. The summed E-state index contributed by atoms with van der Waals surface area (Å²) in [7, 11) is -6.16. The zero-order valence-corrected chi connectivity index (χ0v) is 13.3. The maximum Gasteiger partial charge on any atom is 0.461 e. The third-order valence-corrected chi connectivity index (χ3v) is 4.65. The van der Waals surface area contributed by atoms with Gasteiger partial charge >= 0.3 is 17.4 Å². The van der Waals surface area contributed by atoms with Gasteiger partial charge in [0, 0.05) is 6.54 Å². The number of hydrogen-bond donors (Lipinski definition) is 1. The fourth-order valence-corrected chi connectivity index (χ4v) is 2.76. The molecule has 0 aliphatic carbocycles. The smallest absolute Gasteiger partial charge is 0.210 e. The van der Waals surface area contributed by atoms with E-state index >= 15 is 0 Å². The number of unbranched alkanes of at least 4 members (excludes halogenated alkanes) is 6. The molecule has 0 amide bonds. The third kappa shape index (κ3) is 5.77. The molecule has 140 valence electrons. The van der Waals surface area contributed by atoms with Crippen LogP contribution < -0.4 is 4.72 Å². The van der Waals surface area contributed by atoms with Crippen LogP contribution in [0.15, 0.2) is 0 Å². The molecule has 23 heavy (non-hydrogen) atoms. The van der Waals surface area contributed by atoms with E-state index in [-0.39, 0.29) is 6.42 Å². The van der Waals surface area contributed by atoms with Crippen LogP contribution in [0, 0.1) is 0 Å². The Bertz CT molecular complexity index is 449. The molecule has 0 atom stereocenters. The molecule has 0 aromatic heterocycles. The van der Waals surface area contributed by atoms with Gasteiger partial charge in [0.05, 0.1) is 0 Å². The molecule has 1 N–H and O–H groups in total. The topological polar surface area (TPSA) is 46.2 Å². The maximum absolute atomic E-state index is 13.1. The minimum absolute atomic E-state index is 0.0685. The van der Waals surface area contributed by atoms with Gasteiger partial charge < -0.3 is 0 Å². The van der Waals surface area contributed by atoms with E-state index in [0.29, 0.717) is 12.8 Å². The molecule has 0 saturated heterocycles. The van der Waals surface area contributed by atoms with E-state index in [1.165, 1.54) is 0 Å². The second-order valence-corrected chi connectivity index (χ2v) is 6.92. The Morgan fingerprint density at radius 2 is 1.22 bits per heavy atom. The normalized spacial score (nSPS) is 14.3. The average Bonchev–Trinajstić information content (AvgIpc) is 2.40. The monoisotopic (exact) mass is 375 g/mol. The predicted octanol–water partition coefficient (Wildman–Crippen LogP) is 4.45. The van der Waals surface area contributed by atoms with Crippen molar-refractivity contribution in [3.05, 3.63) is 0 Å². The number of sulfonamides is 1. The Labute approximate surface area is 130 Å². The molecular formula is C12H20F7NO2S. The summed E-state index contributed by atoms with van der Waals surface area (Å²) in [5.41, 5.74) is 0. The number of hydrogen-bond acceptors (Lipinski definition) is 2. The maximum atomic E-state index is 13.1. The van der Waals surface area contributed by atoms with Crippen LogP contribution in [0.5, 0.6) is 0 Å². The molecule has 3 nitrogen and oxygen atoms in total. The highest BCUT2D eigenvalue weighted by Crippen LogP contribution is 2.48. The van der Waals surface area contributed by atoms with Crippen molar-refractivity contribution in [3.8, 4) is 0 Å². The predicted molar refractivity (Wildman–Crippen MR) is 70.9 cm³/mol. The third-order valence-electron chi connectivity index (χ3n) is 3.13. The van der Waals surface area contributed by atoms with Gasteiger partial charge in [-0.25, -0.2) is 13.1 Å². The largest absolute Gasteiger partial charge is 0.461 e. The summed E-state index contributed by atoms with van der Waals surface area (Å²) in [5.74, 6) is -6.67. The summed E-state index contributed by atoms with van der Waals surface area (Å²) in [4.78, 5) is 0. The van der Waals surface area contributed by atoms with Gasteiger partial charge in [0.25, 0.3) is 10.0 Å². The molecular weight excluding hydrogens is 355 g/mol. The van der Waals surface area contributed by atoms with E-state index < -0.39 is 33.9 Å². The van der Waals surface area contributed by atoms with Crippen LogP contribution in [-0.2, 0) is 10.0 Å². The summed E-state index contributed by atoms with van der Waals surface area (Å²) in [6.07, 6.45) is -1.62. The first-order valence-corrected chi connectivity index (χ1v) is 8.61. The molecule has 0 aliphatic heterocycles. The van der Waals surface area contributed by atoms with Crippen molar-refractivity contribution in [3.63, 3.8) is 0 Å². The van der Waals surface area contributed by atoms with Gasteiger partial charge in [-0.2, -0.15) is 30.7 Å². The fourth-order valence-electron chi connectivity index (χ4n) is 1.71. The van der Waals surface area contributed by atoms with Crippen molar-refractivity contribution < 1.29 is 39.2 Å². The minimum Gasteiger partial charge on any atom is -0.210 e. The van der Waals surface area contributed by atoms with Gasteiger partial charge in [-0.3, -0.25) is 0 Å². The van der Waals surface area contributed by atoms with E-state index in [1.807, 2.05) is 6.92 Å². The summed E-state index contributed by atoms with van der Waals surface area (Å²) in [6.45, 7) is 1.38. The summed E-state index contributed by atoms with van der Waals surface area (Å²) >= 11 is 0. The lowest BCUT2D eigenvalue weighted by Gasteiger charge is -2.27. The summed E-state index contributed by atoms with van der Waals surface area (Å²) < 4.78 is 111. The van der Waals surface area contributed by atoms with Gasteiger partial charge in [0.15, 0.2) is 0 Å². The Balaban J connectivity index is 4.48. The van der Waals surface area contributed by atoms with E-state index in [9.17, 15) is 39.2 Å². The highest BCUT2D eigenvalue weighted by Gasteiger charge is 2.78. The number of halogens is 7. The number of rotatable bonds is 11. The standard InChI is InChI=1S/C12H20F7NO2S/c1-2-3-4-5-6-7-8-9-20-23(21,22)12(18,19)10(13,14)11(15,16)17/h20H,2-9H2,1H3. The lowest BCUT2D eigenvalue weighted by Crippen LogP contribution is -2.59. The molecule has 0 heterocycles. The van der Waals surface area contributed by atoms with Crippen LogP contribution in [0.2, 0.25) is 0 Å². The Morgan fingerprint density at radius 1 is 0.783 bits per heavy atom. The first kappa shape index (κ1) is 22.4. The van der Waals surface area contributed by atoms with Crippen LogP contribution in [0.4, 0.5) is 30.7 Å². The lowest BCUT2D eigenvalue weighted by atomic mass is 10.1. The molecule has 0 spiro atoms.